The Kier molecular flexibility index (Phi) is 6.25. The summed E-state index contributed by atoms with van der Waals surface area (Å²) in [6, 6.07) is 13.9. The van der Waals surface area contributed by atoms with E-state index >= 15 is 0 Å². The Morgan fingerprint density at radius 1 is 1.10 bits per heavy atom. The van der Waals surface area contributed by atoms with Gasteiger partial charge in [0.05, 0.1) is 5.75 Å². The van der Waals surface area contributed by atoms with Crippen molar-refractivity contribution in [1.29, 1.82) is 0 Å². The van der Waals surface area contributed by atoms with E-state index in [1.807, 2.05) is 19.1 Å². The molecule has 29 heavy (non-hydrogen) atoms. The molecule has 4 N–H and O–H groups in total. The third kappa shape index (κ3) is 5.87. The molecular formula is C19H22N6O3S. The maximum absolute atomic E-state index is 12.2. The highest BCUT2D eigenvalue weighted by Gasteiger charge is 2.09. The van der Waals surface area contributed by atoms with E-state index in [2.05, 4.69) is 30.5 Å². The lowest BCUT2D eigenvalue weighted by Crippen LogP contribution is -2.28. The average Bonchev–Trinajstić information content (AvgIpc) is 3.14. The third-order valence-electron chi connectivity index (χ3n) is 4.12. The van der Waals surface area contributed by atoms with Crippen LogP contribution >= 0.6 is 0 Å². The largest absolute Gasteiger partial charge is 0.334 e. The molecule has 152 valence electrons. The fourth-order valence-electron chi connectivity index (χ4n) is 2.61. The van der Waals surface area contributed by atoms with E-state index < -0.39 is 10.0 Å². The first-order valence-electron chi connectivity index (χ1n) is 8.88. The first kappa shape index (κ1) is 20.5. The molecule has 0 bridgehead atoms. The van der Waals surface area contributed by atoms with Crippen molar-refractivity contribution in [2.45, 2.75) is 19.2 Å². The minimum atomic E-state index is -3.31. The van der Waals surface area contributed by atoms with Gasteiger partial charge in [-0.2, -0.15) is 5.10 Å². The van der Waals surface area contributed by atoms with Crippen molar-refractivity contribution >= 4 is 21.7 Å². The lowest BCUT2D eigenvalue weighted by atomic mass is 10.1. The number of hydrogen-bond donors (Lipinski definition) is 4. The summed E-state index contributed by atoms with van der Waals surface area (Å²) in [5.74, 6) is 1.19. The van der Waals surface area contributed by atoms with Gasteiger partial charge in [0, 0.05) is 17.8 Å². The summed E-state index contributed by atoms with van der Waals surface area (Å²) in [6.07, 6.45) is 0. The maximum Gasteiger partial charge on any atom is 0.319 e. The van der Waals surface area contributed by atoms with Crippen LogP contribution in [0, 0.1) is 6.92 Å². The lowest BCUT2D eigenvalue weighted by Gasteiger charge is -2.09. The minimum Gasteiger partial charge on any atom is -0.334 e. The lowest BCUT2D eigenvalue weighted by molar-refractivity contribution is 0.251. The van der Waals surface area contributed by atoms with Crippen molar-refractivity contribution in [3.8, 4) is 11.4 Å². The molecule has 2 amide bonds. The molecule has 0 aliphatic heterocycles. The van der Waals surface area contributed by atoms with E-state index in [1.165, 1.54) is 7.05 Å². The van der Waals surface area contributed by atoms with Gasteiger partial charge in [0.2, 0.25) is 10.0 Å². The fourth-order valence-corrected chi connectivity index (χ4v) is 3.39. The highest BCUT2D eigenvalue weighted by Crippen LogP contribution is 2.19. The molecule has 0 aliphatic rings. The van der Waals surface area contributed by atoms with Gasteiger partial charge in [-0.3, -0.25) is 5.10 Å². The molecule has 1 aromatic heterocycles. The zero-order valence-corrected chi connectivity index (χ0v) is 16.9. The van der Waals surface area contributed by atoms with E-state index in [9.17, 15) is 13.2 Å². The smallest absolute Gasteiger partial charge is 0.319 e. The number of rotatable bonds is 7. The zero-order chi connectivity index (χ0) is 20.9. The Balaban J connectivity index is 1.55. The van der Waals surface area contributed by atoms with Gasteiger partial charge in [0.1, 0.15) is 5.82 Å². The van der Waals surface area contributed by atoms with Gasteiger partial charge in [-0.05, 0) is 37.2 Å². The van der Waals surface area contributed by atoms with E-state index in [0.29, 0.717) is 29.4 Å². The van der Waals surface area contributed by atoms with E-state index in [1.54, 1.807) is 36.4 Å². The number of nitrogens with zero attached hydrogens (tertiary/aromatic N) is 2. The van der Waals surface area contributed by atoms with E-state index in [-0.39, 0.29) is 11.8 Å². The number of amides is 2. The number of aryl methyl sites for hydroxylation is 1. The molecule has 1 heterocycles. The zero-order valence-electron chi connectivity index (χ0n) is 16.1. The maximum atomic E-state index is 12.2. The standard InChI is InChI=1S/C19H22N6O3S/c1-13-22-18(25-24-13)16-4-3-5-17(10-16)23-19(26)21-11-14-6-8-15(9-7-14)12-29(27,28)20-2/h3-10,20H,11-12H2,1-2H3,(H2,21,23,26)(H,22,24,25). The van der Waals surface area contributed by atoms with Crippen molar-refractivity contribution < 1.29 is 13.2 Å². The number of H-pyrrole nitrogens is 1. The van der Waals surface area contributed by atoms with Crippen molar-refractivity contribution in [3.63, 3.8) is 0 Å². The molecule has 0 radical (unpaired) electrons. The summed E-state index contributed by atoms with van der Waals surface area (Å²) in [7, 11) is -1.93. The number of hydrogen-bond acceptors (Lipinski definition) is 5. The number of nitrogens with one attached hydrogen (secondary N) is 4. The first-order valence-corrected chi connectivity index (χ1v) is 10.5. The average molecular weight is 414 g/mol. The summed E-state index contributed by atoms with van der Waals surface area (Å²) in [5.41, 5.74) is 2.94. The van der Waals surface area contributed by atoms with Crippen molar-refractivity contribution in [2.75, 3.05) is 12.4 Å². The van der Waals surface area contributed by atoms with Crippen LogP contribution in [0.5, 0.6) is 0 Å². The number of aromatic nitrogens is 3. The van der Waals surface area contributed by atoms with Gasteiger partial charge in [-0.1, -0.05) is 36.4 Å². The Morgan fingerprint density at radius 2 is 1.83 bits per heavy atom. The molecule has 0 saturated carbocycles. The highest BCUT2D eigenvalue weighted by atomic mass is 32.2. The number of benzene rings is 2. The number of carbonyl (C=O) groups excluding carboxylic acids is 1. The van der Waals surface area contributed by atoms with Crippen LogP contribution in [-0.2, 0) is 22.3 Å². The van der Waals surface area contributed by atoms with Crippen LogP contribution in [0.25, 0.3) is 11.4 Å². The second-order valence-corrected chi connectivity index (χ2v) is 8.34. The number of anilines is 1. The molecule has 3 aromatic rings. The minimum absolute atomic E-state index is 0.0849. The van der Waals surface area contributed by atoms with E-state index in [0.717, 1.165) is 11.1 Å². The molecule has 0 spiro atoms. The Morgan fingerprint density at radius 3 is 2.48 bits per heavy atom. The molecule has 9 nitrogen and oxygen atoms in total. The topological polar surface area (TPSA) is 129 Å². The van der Waals surface area contributed by atoms with Gasteiger partial charge < -0.3 is 10.6 Å². The van der Waals surface area contributed by atoms with Crippen LogP contribution in [0.15, 0.2) is 48.5 Å². The Labute approximate surface area is 169 Å². The normalized spacial score (nSPS) is 11.2. The number of sulfonamides is 1. The molecule has 0 fully saturated rings. The van der Waals surface area contributed by atoms with Crippen molar-refractivity contribution in [2.24, 2.45) is 0 Å². The number of urea groups is 1. The predicted octanol–water partition coefficient (Wildman–Crippen LogP) is 2.15. The van der Waals surface area contributed by atoms with Crippen LogP contribution in [0.3, 0.4) is 0 Å². The van der Waals surface area contributed by atoms with Gasteiger partial charge in [-0.25, -0.2) is 22.9 Å². The summed E-state index contributed by atoms with van der Waals surface area (Å²) in [5, 5.41) is 12.4. The molecule has 10 heteroatoms. The molecule has 3 rings (SSSR count). The highest BCUT2D eigenvalue weighted by molar-refractivity contribution is 7.88. The van der Waals surface area contributed by atoms with Gasteiger partial charge >= 0.3 is 6.03 Å². The second kappa shape index (κ2) is 8.84. The number of carbonyl (C=O) groups is 1. The first-order chi connectivity index (χ1) is 13.8. The Hall–Kier alpha value is -3.24. The van der Waals surface area contributed by atoms with E-state index in [4.69, 9.17) is 0 Å². The Bertz CT molecular complexity index is 1090. The SMILES string of the molecule is CNS(=O)(=O)Cc1ccc(CNC(=O)Nc2cccc(-c3n[nH]c(C)n3)c2)cc1. The molecular weight excluding hydrogens is 392 g/mol. The molecule has 0 atom stereocenters. The van der Waals surface area contributed by atoms with Crippen molar-refractivity contribution in [1.82, 2.24) is 25.2 Å². The van der Waals surface area contributed by atoms with Gasteiger partial charge in [-0.15, -0.1) is 0 Å². The molecule has 0 unspecified atom stereocenters. The van der Waals surface area contributed by atoms with Crippen LogP contribution in [0.1, 0.15) is 17.0 Å². The fraction of sp³-hybridized carbons (Fsp3) is 0.211. The predicted molar refractivity (Wildman–Crippen MR) is 111 cm³/mol. The van der Waals surface area contributed by atoms with Gasteiger partial charge in [0.15, 0.2) is 5.82 Å². The summed E-state index contributed by atoms with van der Waals surface area (Å²) in [6.45, 7) is 2.13. The van der Waals surface area contributed by atoms with Crippen LogP contribution in [0.4, 0.5) is 10.5 Å². The molecule has 0 aliphatic carbocycles. The van der Waals surface area contributed by atoms with Crippen molar-refractivity contribution in [3.05, 3.63) is 65.5 Å². The summed E-state index contributed by atoms with van der Waals surface area (Å²) in [4.78, 5) is 16.5. The molecule has 0 saturated heterocycles. The quantitative estimate of drug-likeness (QED) is 0.471. The molecule has 2 aromatic carbocycles. The third-order valence-corrected chi connectivity index (χ3v) is 5.45. The monoisotopic (exact) mass is 414 g/mol. The summed E-state index contributed by atoms with van der Waals surface area (Å²) < 4.78 is 25.4. The van der Waals surface area contributed by atoms with Crippen LogP contribution < -0.4 is 15.4 Å². The second-order valence-electron chi connectivity index (χ2n) is 6.41. The summed E-state index contributed by atoms with van der Waals surface area (Å²) >= 11 is 0. The number of aromatic amines is 1. The van der Waals surface area contributed by atoms with Crippen LogP contribution in [-0.4, -0.2) is 36.7 Å². The van der Waals surface area contributed by atoms with Crippen LogP contribution in [0.2, 0.25) is 0 Å². The van der Waals surface area contributed by atoms with Gasteiger partial charge in [0.25, 0.3) is 0 Å².